The lowest BCUT2D eigenvalue weighted by Gasteiger charge is -2.06. The zero-order valence-corrected chi connectivity index (χ0v) is 12.6. The molecule has 2 nitrogen and oxygen atoms in total. The van der Waals surface area contributed by atoms with Crippen molar-refractivity contribution in [3.05, 3.63) is 71.8 Å². The highest BCUT2D eigenvalue weighted by atomic mass is 16.1. The van der Waals surface area contributed by atoms with Crippen molar-refractivity contribution in [1.29, 1.82) is 0 Å². The van der Waals surface area contributed by atoms with E-state index in [2.05, 4.69) is 6.07 Å². The molecule has 0 bridgehead atoms. The predicted octanol–water partition coefficient (Wildman–Crippen LogP) is 4.91. The number of hydrogen-bond acceptors (Lipinski definition) is 2. The highest BCUT2D eigenvalue weighted by Crippen LogP contribution is 2.25. The lowest BCUT2D eigenvalue weighted by molar-refractivity contribution is 0.100. The Kier molecular flexibility index (Phi) is 3.60. The fourth-order valence-electron chi connectivity index (χ4n) is 2.54. The molecule has 0 N–H and O–H groups in total. The first-order chi connectivity index (χ1) is 10.5. The summed E-state index contributed by atoms with van der Waals surface area (Å²) >= 11 is 0. The normalized spacial score (nSPS) is 10.6. The third-order valence-corrected chi connectivity index (χ3v) is 3.87. The smallest absolute Gasteiger partial charge is 0.159 e. The second kappa shape index (κ2) is 5.57. The van der Waals surface area contributed by atoms with E-state index in [-0.39, 0.29) is 11.6 Å². The first-order valence-corrected chi connectivity index (χ1v) is 7.21. The summed E-state index contributed by atoms with van der Waals surface area (Å²) in [6, 6.07) is 19.5. The number of carbonyl (C=O) groups excluding carboxylic acids is 2. The standard InChI is InChI=1S/C20H16O2/c1-13(21)15-3-5-16(6-4-15)18-9-10-19-11-17(14(2)22)7-8-20(19)12-18/h3-12H,1-2H3. The molecular formula is C20H16O2. The van der Waals surface area contributed by atoms with Crippen molar-refractivity contribution in [2.45, 2.75) is 13.8 Å². The van der Waals surface area contributed by atoms with E-state index in [0.29, 0.717) is 0 Å². The van der Waals surface area contributed by atoms with Gasteiger partial charge in [-0.1, -0.05) is 48.5 Å². The molecule has 0 saturated heterocycles. The summed E-state index contributed by atoms with van der Waals surface area (Å²) in [7, 11) is 0. The molecule has 0 fully saturated rings. The molecule has 108 valence electrons. The number of fused-ring (bicyclic) bond motifs is 1. The molecule has 0 amide bonds. The number of hydrogen-bond donors (Lipinski definition) is 0. The van der Waals surface area contributed by atoms with E-state index < -0.39 is 0 Å². The fraction of sp³-hybridized carbons (Fsp3) is 0.100. The number of rotatable bonds is 3. The van der Waals surface area contributed by atoms with E-state index in [9.17, 15) is 9.59 Å². The molecule has 2 heteroatoms. The first kappa shape index (κ1) is 14.2. The Balaban J connectivity index is 2.03. The monoisotopic (exact) mass is 288 g/mol. The van der Waals surface area contributed by atoms with Crippen LogP contribution in [0.2, 0.25) is 0 Å². The van der Waals surface area contributed by atoms with Gasteiger partial charge in [0.05, 0.1) is 0 Å². The highest BCUT2D eigenvalue weighted by molar-refractivity contribution is 5.99. The van der Waals surface area contributed by atoms with Crippen molar-refractivity contribution in [3.63, 3.8) is 0 Å². The van der Waals surface area contributed by atoms with Crippen LogP contribution < -0.4 is 0 Å². The summed E-state index contributed by atoms with van der Waals surface area (Å²) in [5.41, 5.74) is 3.61. The van der Waals surface area contributed by atoms with Gasteiger partial charge in [-0.05, 0) is 47.9 Å². The molecule has 3 aromatic rings. The van der Waals surface area contributed by atoms with Crippen LogP contribution >= 0.6 is 0 Å². The average molecular weight is 288 g/mol. The molecule has 22 heavy (non-hydrogen) atoms. The average Bonchev–Trinajstić information content (AvgIpc) is 2.54. The van der Waals surface area contributed by atoms with Crippen molar-refractivity contribution >= 4 is 22.3 Å². The minimum Gasteiger partial charge on any atom is -0.295 e. The van der Waals surface area contributed by atoms with Crippen molar-refractivity contribution in [2.24, 2.45) is 0 Å². The van der Waals surface area contributed by atoms with Gasteiger partial charge in [-0.3, -0.25) is 9.59 Å². The Hall–Kier alpha value is -2.74. The quantitative estimate of drug-likeness (QED) is 0.641. The fourth-order valence-corrected chi connectivity index (χ4v) is 2.54. The number of benzene rings is 3. The number of ketones is 2. The van der Waals surface area contributed by atoms with Gasteiger partial charge in [0.15, 0.2) is 11.6 Å². The molecule has 0 aromatic heterocycles. The van der Waals surface area contributed by atoms with E-state index in [1.54, 1.807) is 13.8 Å². The van der Waals surface area contributed by atoms with E-state index >= 15 is 0 Å². The summed E-state index contributed by atoms with van der Waals surface area (Å²) in [6.07, 6.45) is 0. The second-order valence-corrected chi connectivity index (χ2v) is 5.47. The molecule has 0 aliphatic heterocycles. The summed E-state index contributed by atoms with van der Waals surface area (Å²) < 4.78 is 0. The van der Waals surface area contributed by atoms with Crippen molar-refractivity contribution in [2.75, 3.05) is 0 Å². The van der Waals surface area contributed by atoms with Gasteiger partial charge in [-0.15, -0.1) is 0 Å². The van der Waals surface area contributed by atoms with E-state index in [0.717, 1.165) is 33.0 Å². The molecule has 0 aliphatic rings. The molecule has 0 aliphatic carbocycles. The van der Waals surface area contributed by atoms with Crippen LogP contribution in [-0.4, -0.2) is 11.6 Å². The summed E-state index contributed by atoms with van der Waals surface area (Å²) in [5.74, 6) is 0.146. The van der Waals surface area contributed by atoms with Gasteiger partial charge in [-0.25, -0.2) is 0 Å². The third-order valence-electron chi connectivity index (χ3n) is 3.87. The zero-order chi connectivity index (χ0) is 15.7. The van der Waals surface area contributed by atoms with Crippen LogP contribution in [0.15, 0.2) is 60.7 Å². The molecule has 0 saturated carbocycles. The molecule has 3 rings (SSSR count). The van der Waals surface area contributed by atoms with Crippen LogP contribution in [0.5, 0.6) is 0 Å². The Morgan fingerprint density at radius 2 is 1.09 bits per heavy atom. The van der Waals surface area contributed by atoms with Crippen molar-refractivity contribution in [1.82, 2.24) is 0 Å². The molecule has 0 heterocycles. The minimum absolute atomic E-state index is 0.0711. The molecular weight excluding hydrogens is 272 g/mol. The molecule has 3 aromatic carbocycles. The number of carbonyl (C=O) groups is 2. The molecule has 0 radical (unpaired) electrons. The second-order valence-electron chi connectivity index (χ2n) is 5.47. The molecule has 0 unspecified atom stereocenters. The maximum absolute atomic E-state index is 11.4. The Labute approximate surface area is 129 Å². The molecule has 0 atom stereocenters. The van der Waals surface area contributed by atoms with Crippen LogP contribution in [0.1, 0.15) is 34.6 Å². The SMILES string of the molecule is CC(=O)c1ccc(-c2ccc3cc(C(C)=O)ccc3c2)cc1. The Bertz CT molecular complexity index is 874. The van der Waals surface area contributed by atoms with Crippen LogP contribution in [0.4, 0.5) is 0 Å². The van der Waals surface area contributed by atoms with E-state index in [1.807, 2.05) is 54.6 Å². The van der Waals surface area contributed by atoms with Gasteiger partial charge in [0, 0.05) is 11.1 Å². The van der Waals surface area contributed by atoms with Gasteiger partial charge in [0.1, 0.15) is 0 Å². The summed E-state index contributed by atoms with van der Waals surface area (Å²) in [5, 5.41) is 2.15. The van der Waals surface area contributed by atoms with E-state index in [1.165, 1.54) is 0 Å². The van der Waals surface area contributed by atoms with E-state index in [4.69, 9.17) is 0 Å². The minimum atomic E-state index is 0.0711. The first-order valence-electron chi connectivity index (χ1n) is 7.21. The summed E-state index contributed by atoms with van der Waals surface area (Å²) in [4.78, 5) is 22.8. The van der Waals surface area contributed by atoms with Crippen LogP contribution in [0.3, 0.4) is 0 Å². The van der Waals surface area contributed by atoms with Gasteiger partial charge >= 0.3 is 0 Å². The highest BCUT2D eigenvalue weighted by Gasteiger charge is 2.04. The topological polar surface area (TPSA) is 34.1 Å². The van der Waals surface area contributed by atoms with Gasteiger partial charge < -0.3 is 0 Å². The Morgan fingerprint density at radius 3 is 1.73 bits per heavy atom. The summed E-state index contributed by atoms with van der Waals surface area (Å²) in [6.45, 7) is 3.14. The third kappa shape index (κ3) is 2.68. The lowest BCUT2D eigenvalue weighted by Crippen LogP contribution is -1.92. The van der Waals surface area contributed by atoms with Crippen LogP contribution in [0.25, 0.3) is 21.9 Å². The van der Waals surface area contributed by atoms with Gasteiger partial charge in [0.2, 0.25) is 0 Å². The Morgan fingerprint density at radius 1 is 0.591 bits per heavy atom. The van der Waals surface area contributed by atoms with Crippen molar-refractivity contribution in [3.8, 4) is 11.1 Å². The van der Waals surface area contributed by atoms with Crippen LogP contribution in [0, 0.1) is 0 Å². The van der Waals surface area contributed by atoms with Gasteiger partial charge in [-0.2, -0.15) is 0 Å². The largest absolute Gasteiger partial charge is 0.295 e. The maximum atomic E-state index is 11.4. The predicted molar refractivity (Wildman–Crippen MR) is 89.4 cm³/mol. The zero-order valence-electron chi connectivity index (χ0n) is 12.6. The van der Waals surface area contributed by atoms with Crippen molar-refractivity contribution < 1.29 is 9.59 Å². The lowest BCUT2D eigenvalue weighted by atomic mass is 9.98. The van der Waals surface area contributed by atoms with Gasteiger partial charge in [0.25, 0.3) is 0 Å². The molecule has 0 spiro atoms. The van der Waals surface area contributed by atoms with Crippen LogP contribution in [-0.2, 0) is 0 Å². The number of Topliss-reactive ketones (excluding diaryl/α,β-unsaturated/α-hetero) is 2. The maximum Gasteiger partial charge on any atom is 0.159 e.